The van der Waals surface area contributed by atoms with Crippen molar-refractivity contribution in [2.45, 2.75) is 62.8 Å². The summed E-state index contributed by atoms with van der Waals surface area (Å²) in [4.78, 5) is 43.1. The van der Waals surface area contributed by atoms with Crippen molar-refractivity contribution in [2.75, 3.05) is 18.5 Å². The minimum Gasteiger partial charge on any atom is -0.396 e. The van der Waals surface area contributed by atoms with Crippen LogP contribution in [0.4, 0.5) is 5.69 Å². The van der Waals surface area contributed by atoms with E-state index in [1.807, 2.05) is 37.3 Å². The summed E-state index contributed by atoms with van der Waals surface area (Å²) >= 11 is 6.32. The number of hydrogen-bond acceptors (Lipinski definition) is 5. The highest BCUT2D eigenvalue weighted by Crippen LogP contribution is 2.63. The zero-order chi connectivity index (χ0) is 26.9. The molecule has 38 heavy (non-hydrogen) atoms. The van der Waals surface area contributed by atoms with Gasteiger partial charge in [-0.15, -0.1) is 0 Å². The van der Waals surface area contributed by atoms with Crippen LogP contribution in [-0.4, -0.2) is 58.1 Å². The third-order valence-electron chi connectivity index (χ3n) is 8.31. The normalized spacial score (nSPS) is 29.4. The van der Waals surface area contributed by atoms with E-state index in [1.165, 1.54) is 0 Å². The molecule has 0 aromatic heterocycles. The molecule has 9 heteroatoms. The molecular formula is C29H34ClN3O5. The maximum absolute atomic E-state index is 14.0. The molecule has 2 unspecified atom stereocenters. The number of benzene rings is 2. The van der Waals surface area contributed by atoms with E-state index in [4.69, 9.17) is 16.3 Å². The number of para-hydroxylation sites is 1. The summed E-state index contributed by atoms with van der Waals surface area (Å²) in [7, 11) is 0. The zero-order valence-corrected chi connectivity index (χ0v) is 22.2. The predicted octanol–water partition coefficient (Wildman–Crippen LogP) is 3.52. The monoisotopic (exact) mass is 539 g/mol. The van der Waals surface area contributed by atoms with Gasteiger partial charge >= 0.3 is 0 Å². The highest BCUT2D eigenvalue weighted by molar-refractivity contribution is 6.33. The molecule has 0 aliphatic carbocycles. The number of anilines is 1. The maximum atomic E-state index is 14.0. The van der Waals surface area contributed by atoms with Gasteiger partial charge in [-0.05, 0) is 56.7 Å². The molecule has 8 nitrogen and oxygen atoms in total. The Bertz CT molecular complexity index is 1210. The first-order valence-corrected chi connectivity index (χ1v) is 13.7. The van der Waals surface area contributed by atoms with Gasteiger partial charge in [-0.2, -0.15) is 0 Å². The number of nitrogens with one attached hydrogen (secondary N) is 2. The summed E-state index contributed by atoms with van der Waals surface area (Å²) in [6, 6.07) is 15.7. The second kappa shape index (κ2) is 10.7. The number of halogens is 1. The van der Waals surface area contributed by atoms with Crippen LogP contribution in [0.2, 0.25) is 5.02 Å². The van der Waals surface area contributed by atoms with Crippen molar-refractivity contribution in [1.29, 1.82) is 0 Å². The standard InChI is InChI=1S/C29H34ClN3O5/c1-28-14-15-29(38-28)23(22(28)25(35)31-18-19-10-4-2-5-11-19)27(37)33(16-8-3-9-17-34)24(29)26(36)32-21-13-7-6-12-20(21)30/h2,4-7,10-13,22-24,34H,3,8-9,14-18H2,1H3,(H,31,35)(H,32,36)/t22-,23+,24?,28+,29?/m1/s1. The first-order valence-electron chi connectivity index (χ1n) is 13.3. The van der Waals surface area contributed by atoms with Gasteiger partial charge < -0.3 is 25.4 Å². The Morgan fingerprint density at radius 2 is 1.79 bits per heavy atom. The second-order valence-electron chi connectivity index (χ2n) is 10.7. The number of rotatable bonds is 10. The number of ether oxygens (including phenoxy) is 1. The number of unbranched alkanes of at least 4 members (excludes halogenated alkanes) is 2. The van der Waals surface area contributed by atoms with Gasteiger partial charge in [-0.3, -0.25) is 14.4 Å². The van der Waals surface area contributed by atoms with Gasteiger partial charge in [0.2, 0.25) is 17.7 Å². The molecule has 3 heterocycles. The predicted molar refractivity (Wildman–Crippen MR) is 143 cm³/mol. The van der Waals surface area contributed by atoms with E-state index in [0.717, 1.165) is 12.0 Å². The molecule has 3 N–H and O–H groups in total. The van der Waals surface area contributed by atoms with Gasteiger partial charge in [0, 0.05) is 19.7 Å². The molecule has 2 aromatic rings. The SMILES string of the molecule is C[C@@]12CCC3(O1)C(C(=O)Nc1ccccc1Cl)N(CCCCCO)C(=O)[C@@H]3[C@@H]2C(=O)NCc1ccccc1. The van der Waals surface area contributed by atoms with E-state index < -0.39 is 29.1 Å². The topological polar surface area (TPSA) is 108 Å². The average Bonchev–Trinajstić information content (AvgIpc) is 3.48. The van der Waals surface area contributed by atoms with Crippen LogP contribution >= 0.6 is 11.6 Å². The van der Waals surface area contributed by atoms with Crippen LogP contribution in [0.1, 0.15) is 44.6 Å². The fraction of sp³-hybridized carbons (Fsp3) is 0.483. The highest BCUT2D eigenvalue weighted by Gasteiger charge is 2.77. The molecule has 2 aromatic carbocycles. The van der Waals surface area contributed by atoms with Crippen LogP contribution in [0.5, 0.6) is 0 Å². The molecule has 5 rings (SSSR count). The highest BCUT2D eigenvalue weighted by atomic mass is 35.5. The van der Waals surface area contributed by atoms with E-state index in [-0.39, 0.29) is 24.3 Å². The molecule has 3 amide bonds. The van der Waals surface area contributed by atoms with Gasteiger partial charge in [0.15, 0.2) is 0 Å². The van der Waals surface area contributed by atoms with Crippen LogP contribution in [0.3, 0.4) is 0 Å². The third kappa shape index (κ3) is 4.59. The van der Waals surface area contributed by atoms with Crippen molar-refractivity contribution in [3.63, 3.8) is 0 Å². The molecule has 5 atom stereocenters. The minimum atomic E-state index is -1.09. The Kier molecular flexibility index (Phi) is 7.49. The summed E-state index contributed by atoms with van der Waals surface area (Å²) < 4.78 is 6.63. The van der Waals surface area contributed by atoms with Crippen molar-refractivity contribution in [3.05, 3.63) is 65.2 Å². The van der Waals surface area contributed by atoms with Crippen molar-refractivity contribution in [1.82, 2.24) is 10.2 Å². The number of hydrogen-bond donors (Lipinski definition) is 3. The summed E-state index contributed by atoms with van der Waals surface area (Å²) in [5, 5.41) is 15.5. The van der Waals surface area contributed by atoms with E-state index in [2.05, 4.69) is 10.6 Å². The van der Waals surface area contributed by atoms with Gasteiger partial charge in [0.1, 0.15) is 11.6 Å². The maximum Gasteiger partial charge on any atom is 0.250 e. The van der Waals surface area contributed by atoms with Gasteiger partial charge in [0.05, 0.1) is 28.1 Å². The second-order valence-corrected chi connectivity index (χ2v) is 11.1. The van der Waals surface area contributed by atoms with Crippen molar-refractivity contribution < 1.29 is 24.2 Å². The summed E-state index contributed by atoms with van der Waals surface area (Å²) in [5.74, 6) is -2.28. The fourth-order valence-corrected chi connectivity index (χ4v) is 6.78. The largest absolute Gasteiger partial charge is 0.396 e. The lowest BCUT2D eigenvalue weighted by Gasteiger charge is -2.33. The van der Waals surface area contributed by atoms with Crippen LogP contribution in [0, 0.1) is 11.8 Å². The first kappa shape index (κ1) is 26.7. The molecular weight excluding hydrogens is 506 g/mol. The Hall–Kier alpha value is -2.94. The number of fused-ring (bicyclic) bond motifs is 1. The lowest BCUT2D eigenvalue weighted by atomic mass is 9.66. The molecule has 202 valence electrons. The first-order chi connectivity index (χ1) is 18.3. The Labute approximate surface area is 227 Å². The fourth-order valence-electron chi connectivity index (χ4n) is 6.60. The third-order valence-corrected chi connectivity index (χ3v) is 8.64. The van der Waals surface area contributed by atoms with Crippen LogP contribution in [-0.2, 0) is 25.7 Å². The molecule has 3 saturated heterocycles. The van der Waals surface area contributed by atoms with Gasteiger partial charge in [0.25, 0.3) is 0 Å². The molecule has 0 radical (unpaired) electrons. The smallest absolute Gasteiger partial charge is 0.250 e. The van der Waals surface area contributed by atoms with Gasteiger partial charge in [-0.1, -0.05) is 54.1 Å². The summed E-state index contributed by atoms with van der Waals surface area (Å²) in [6.45, 7) is 2.65. The van der Waals surface area contributed by atoms with E-state index in [0.29, 0.717) is 49.5 Å². The average molecular weight is 540 g/mol. The number of aliphatic hydroxyl groups excluding tert-OH is 1. The van der Waals surface area contributed by atoms with Gasteiger partial charge in [-0.25, -0.2) is 0 Å². The van der Waals surface area contributed by atoms with E-state index in [9.17, 15) is 19.5 Å². The van der Waals surface area contributed by atoms with Crippen molar-refractivity contribution in [2.24, 2.45) is 11.8 Å². The van der Waals surface area contributed by atoms with Crippen molar-refractivity contribution in [3.8, 4) is 0 Å². The van der Waals surface area contributed by atoms with Crippen LogP contribution in [0.15, 0.2) is 54.6 Å². The molecule has 3 aliphatic heterocycles. The van der Waals surface area contributed by atoms with Crippen molar-refractivity contribution >= 4 is 35.0 Å². The van der Waals surface area contributed by atoms with Crippen LogP contribution < -0.4 is 10.6 Å². The number of amides is 3. The molecule has 3 fully saturated rings. The number of nitrogens with zero attached hydrogens (tertiary/aromatic N) is 1. The summed E-state index contributed by atoms with van der Waals surface area (Å²) in [5.41, 5.74) is -0.511. The Balaban J connectivity index is 1.44. The lowest BCUT2D eigenvalue weighted by Crippen LogP contribution is -2.53. The van der Waals surface area contributed by atoms with Crippen LogP contribution in [0.25, 0.3) is 0 Å². The summed E-state index contributed by atoms with van der Waals surface area (Å²) in [6.07, 6.45) is 3.06. The molecule has 0 saturated carbocycles. The quantitative estimate of drug-likeness (QED) is 0.400. The zero-order valence-electron chi connectivity index (χ0n) is 21.5. The Morgan fingerprint density at radius 1 is 1.05 bits per heavy atom. The molecule has 2 bridgehead atoms. The number of carbonyl (C=O) groups is 3. The van der Waals surface area contributed by atoms with E-state index in [1.54, 1.807) is 29.2 Å². The number of likely N-dealkylation sites (tertiary alicyclic amines) is 1. The minimum absolute atomic E-state index is 0.0715. The number of aliphatic hydroxyl groups is 1. The lowest BCUT2D eigenvalue weighted by molar-refractivity contribution is -0.144. The Morgan fingerprint density at radius 3 is 2.53 bits per heavy atom. The molecule has 1 spiro atoms. The molecule has 3 aliphatic rings. The number of carbonyl (C=O) groups excluding carboxylic acids is 3. The van der Waals surface area contributed by atoms with E-state index >= 15 is 0 Å².